The van der Waals surface area contributed by atoms with Crippen LogP contribution in [-0.4, -0.2) is 80.3 Å². The highest BCUT2D eigenvalue weighted by molar-refractivity contribution is 14.0. The zero-order valence-corrected chi connectivity index (χ0v) is 20.6. The van der Waals surface area contributed by atoms with Crippen molar-refractivity contribution in [1.29, 1.82) is 0 Å². The molecule has 0 amide bonds. The minimum atomic E-state index is 0. The molecular formula is C22H38IN5O. The lowest BCUT2D eigenvalue weighted by atomic mass is 10.00. The second-order valence-corrected chi connectivity index (χ2v) is 8.33. The molecule has 164 valence electrons. The van der Waals surface area contributed by atoms with Gasteiger partial charge in [-0.15, -0.1) is 24.0 Å². The monoisotopic (exact) mass is 515 g/mol. The smallest absolute Gasteiger partial charge is 0.191 e. The maximum absolute atomic E-state index is 5.48. The molecule has 3 rings (SSSR count). The molecule has 1 aromatic carbocycles. The van der Waals surface area contributed by atoms with Crippen LogP contribution in [0.4, 0.5) is 0 Å². The first-order chi connectivity index (χ1) is 13.6. The lowest BCUT2D eigenvalue weighted by Crippen LogP contribution is -2.52. The van der Waals surface area contributed by atoms with E-state index in [1.54, 1.807) is 0 Å². The Bertz CT molecular complexity index is 646. The van der Waals surface area contributed by atoms with Crippen molar-refractivity contribution in [2.24, 2.45) is 4.99 Å². The van der Waals surface area contributed by atoms with Crippen molar-refractivity contribution in [3.05, 3.63) is 35.4 Å². The second kappa shape index (κ2) is 12.1. The molecule has 0 bridgehead atoms. The highest BCUT2D eigenvalue weighted by atomic mass is 127. The van der Waals surface area contributed by atoms with Gasteiger partial charge in [-0.25, -0.2) is 0 Å². The van der Waals surface area contributed by atoms with Crippen LogP contribution in [0.1, 0.15) is 31.9 Å². The Morgan fingerprint density at radius 1 is 1.10 bits per heavy atom. The lowest BCUT2D eigenvalue weighted by Gasteiger charge is -2.40. The number of benzene rings is 1. The van der Waals surface area contributed by atoms with E-state index >= 15 is 0 Å². The molecule has 0 spiro atoms. The highest BCUT2D eigenvalue weighted by Crippen LogP contribution is 2.18. The largest absolute Gasteiger partial charge is 0.379 e. The van der Waals surface area contributed by atoms with Crippen molar-refractivity contribution in [1.82, 2.24) is 20.4 Å². The summed E-state index contributed by atoms with van der Waals surface area (Å²) in [6, 6.07) is 8.81. The summed E-state index contributed by atoms with van der Waals surface area (Å²) >= 11 is 0. The Balaban J connectivity index is 0.00000300. The van der Waals surface area contributed by atoms with Gasteiger partial charge in [0, 0.05) is 51.4 Å². The van der Waals surface area contributed by atoms with Crippen molar-refractivity contribution in [3.8, 4) is 0 Å². The summed E-state index contributed by atoms with van der Waals surface area (Å²) in [7, 11) is 0. The Morgan fingerprint density at radius 3 is 2.55 bits per heavy atom. The number of rotatable bonds is 7. The first-order valence-electron chi connectivity index (χ1n) is 10.7. The van der Waals surface area contributed by atoms with E-state index in [0.29, 0.717) is 0 Å². The van der Waals surface area contributed by atoms with E-state index in [4.69, 9.17) is 9.73 Å². The van der Waals surface area contributed by atoms with E-state index in [9.17, 15) is 0 Å². The molecule has 7 heteroatoms. The summed E-state index contributed by atoms with van der Waals surface area (Å²) in [4.78, 5) is 9.88. The Morgan fingerprint density at radius 2 is 1.83 bits per heavy atom. The summed E-state index contributed by atoms with van der Waals surface area (Å²) in [5.74, 6) is 0.918. The van der Waals surface area contributed by atoms with Gasteiger partial charge in [-0.1, -0.05) is 24.3 Å². The molecule has 0 radical (unpaired) electrons. The van der Waals surface area contributed by atoms with E-state index in [-0.39, 0.29) is 29.5 Å². The molecular weight excluding hydrogens is 477 g/mol. The molecule has 1 saturated heterocycles. The molecule has 0 atom stereocenters. The molecule has 2 aliphatic rings. The predicted octanol–water partition coefficient (Wildman–Crippen LogP) is 2.33. The number of hydrogen-bond acceptors (Lipinski definition) is 4. The van der Waals surface area contributed by atoms with Crippen molar-refractivity contribution in [3.63, 3.8) is 0 Å². The standard InChI is InChI=1S/C22H37N5O.HI/c1-4-23-21(25-18-22(2,3)27-13-15-28-16-14-27)24-10-12-26-11-9-19-7-5-6-8-20(19)17-26;/h5-8H,4,9-18H2,1-3H3,(H2,23,24,25);1H. The lowest BCUT2D eigenvalue weighted by molar-refractivity contribution is -0.00683. The number of aliphatic imine (C=N–C) groups is 1. The summed E-state index contributed by atoms with van der Waals surface area (Å²) in [5, 5.41) is 6.91. The molecule has 0 unspecified atom stereocenters. The van der Waals surface area contributed by atoms with Crippen LogP contribution in [0.15, 0.2) is 29.3 Å². The minimum absolute atomic E-state index is 0. The topological polar surface area (TPSA) is 52.1 Å². The fourth-order valence-electron chi connectivity index (χ4n) is 3.96. The van der Waals surface area contributed by atoms with Gasteiger partial charge >= 0.3 is 0 Å². The van der Waals surface area contributed by atoms with E-state index in [1.807, 2.05) is 0 Å². The fraction of sp³-hybridized carbons (Fsp3) is 0.682. The van der Waals surface area contributed by atoms with Gasteiger partial charge in [0.05, 0.1) is 19.8 Å². The third-order valence-corrected chi connectivity index (χ3v) is 5.77. The number of halogens is 1. The molecule has 6 nitrogen and oxygen atoms in total. The average molecular weight is 515 g/mol. The first kappa shape index (κ1) is 24.4. The summed E-state index contributed by atoms with van der Waals surface area (Å²) in [5.41, 5.74) is 3.02. The number of ether oxygens (including phenoxy) is 1. The third kappa shape index (κ3) is 7.38. The molecule has 29 heavy (non-hydrogen) atoms. The maximum Gasteiger partial charge on any atom is 0.191 e. The van der Waals surface area contributed by atoms with Crippen LogP contribution in [0.3, 0.4) is 0 Å². The van der Waals surface area contributed by atoms with Crippen molar-refractivity contribution in [2.45, 2.75) is 39.3 Å². The number of nitrogens with zero attached hydrogens (tertiary/aromatic N) is 3. The average Bonchev–Trinajstić information content (AvgIpc) is 2.72. The van der Waals surface area contributed by atoms with Gasteiger partial charge in [0.25, 0.3) is 0 Å². The quantitative estimate of drug-likeness (QED) is 0.332. The molecule has 2 aliphatic heterocycles. The van der Waals surface area contributed by atoms with Gasteiger partial charge in [-0.2, -0.15) is 0 Å². The summed E-state index contributed by atoms with van der Waals surface area (Å²) in [6.07, 6.45) is 1.15. The van der Waals surface area contributed by atoms with Crippen LogP contribution in [0.5, 0.6) is 0 Å². The zero-order chi connectivity index (χ0) is 19.8. The summed E-state index contributed by atoms with van der Waals surface area (Å²) < 4.78 is 5.48. The van der Waals surface area contributed by atoms with E-state index in [0.717, 1.165) is 78.0 Å². The Hall–Kier alpha value is -0.900. The predicted molar refractivity (Wildman–Crippen MR) is 131 cm³/mol. The fourth-order valence-corrected chi connectivity index (χ4v) is 3.96. The van der Waals surface area contributed by atoms with Crippen LogP contribution < -0.4 is 10.6 Å². The SMILES string of the molecule is CCNC(=NCC(C)(C)N1CCOCC1)NCCN1CCc2ccccc2C1.I. The van der Waals surface area contributed by atoms with Crippen LogP contribution in [0.2, 0.25) is 0 Å². The van der Waals surface area contributed by atoms with E-state index < -0.39 is 0 Å². The molecule has 0 saturated carbocycles. The minimum Gasteiger partial charge on any atom is -0.379 e. The maximum atomic E-state index is 5.48. The normalized spacial score (nSPS) is 18.7. The van der Waals surface area contributed by atoms with Gasteiger partial charge in [0.15, 0.2) is 5.96 Å². The van der Waals surface area contributed by atoms with Crippen LogP contribution >= 0.6 is 24.0 Å². The number of nitrogens with one attached hydrogen (secondary N) is 2. The number of morpholine rings is 1. The van der Waals surface area contributed by atoms with Gasteiger partial charge < -0.3 is 15.4 Å². The molecule has 1 fully saturated rings. The number of hydrogen-bond donors (Lipinski definition) is 2. The first-order valence-corrected chi connectivity index (χ1v) is 10.7. The third-order valence-electron chi connectivity index (χ3n) is 5.77. The molecule has 2 N–H and O–H groups in total. The second-order valence-electron chi connectivity index (χ2n) is 8.33. The van der Waals surface area contributed by atoms with Gasteiger partial charge in [0.2, 0.25) is 0 Å². The van der Waals surface area contributed by atoms with Gasteiger partial charge in [-0.3, -0.25) is 14.8 Å². The van der Waals surface area contributed by atoms with Crippen molar-refractivity contribution in [2.75, 3.05) is 59.0 Å². The zero-order valence-electron chi connectivity index (χ0n) is 18.2. The van der Waals surface area contributed by atoms with Crippen LogP contribution in [0.25, 0.3) is 0 Å². The number of fused-ring (bicyclic) bond motifs is 1. The van der Waals surface area contributed by atoms with Gasteiger partial charge in [0.1, 0.15) is 0 Å². The van der Waals surface area contributed by atoms with Crippen molar-refractivity contribution >= 4 is 29.9 Å². The molecule has 0 aliphatic carbocycles. The van der Waals surface area contributed by atoms with Gasteiger partial charge in [-0.05, 0) is 38.3 Å². The van der Waals surface area contributed by atoms with Crippen LogP contribution in [-0.2, 0) is 17.7 Å². The highest BCUT2D eigenvalue weighted by Gasteiger charge is 2.28. The van der Waals surface area contributed by atoms with E-state index in [1.165, 1.54) is 11.1 Å². The molecule has 1 aromatic rings. The van der Waals surface area contributed by atoms with E-state index in [2.05, 4.69) is 65.5 Å². The summed E-state index contributed by atoms with van der Waals surface area (Å²) in [6.45, 7) is 16.1. The Labute approximate surface area is 193 Å². The Kier molecular flexibility index (Phi) is 10.1. The van der Waals surface area contributed by atoms with Crippen molar-refractivity contribution < 1.29 is 4.74 Å². The van der Waals surface area contributed by atoms with Crippen LogP contribution in [0, 0.1) is 0 Å². The number of guanidine groups is 1. The molecule has 2 heterocycles. The molecule has 0 aromatic heterocycles.